The van der Waals surface area contributed by atoms with E-state index in [2.05, 4.69) is 13.8 Å². The molecule has 0 spiro atoms. The van der Waals surface area contributed by atoms with E-state index < -0.39 is 5.54 Å². The van der Waals surface area contributed by atoms with Crippen LogP contribution in [0.15, 0.2) is 18.2 Å². The van der Waals surface area contributed by atoms with Gasteiger partial charge >= 0.3 is 0 Å². The largest absolute Gasteiger partial charge is 0.321 e. The number of hydrogen-bond donors (Lipinski definition) is 1. The van der Waals surface area contributed by atoms with Crippen molar-refractivity contribution in [3.8, 4) is 0 Å². The molecule has 0 heterocycles. The van der Waals surface area contributed by atoms with Gasteiger partial charge in [0, 0.05) is 11.1 Å². The SMILES string of the molecule is Cc1ccc(F)c(C2(N)CCCC(C)(C)C2)c1. The Morgan fingerprint density at radius 3 is 2.59 bits per heavy atom. The molecule has 2 N–H and O–H groups in total. The van der Waals surface area contributed by atoms with E-state index in [1.54, 1.807) is 12.1 Å². The second-order valence-electron chi connectivity index (χ2n) is 6.33. The molecular formula is C15H22FN. The van der Waals surface area contributed by atoms with Crippen LogP contribution in [0.3, 0.4) is 0 Å². The van der Waals surface area contributed by atoms with Crippen LogP contribution in [0.5, 0.6) is 0 Å². The van der Waals surface area contributed by atoms with Crippen LogP contribution in [0.4, 0.5) is 4.39 Å². The summed E-state index contributed by atoms with van der Waals surface area (Å²) in [7, 11) is 0. The number of rotatable bonds is 1. The van der Waals surface area contributed by atoms with Crippen LogP contribution in [0, 0.1) is 18.2 Å². The minimum Gasteiger partial charge on any atom is -0.321 e. The van der Waals surface area contributed by atoms with Crippen molar-refractivity contribution in [1.29, 1.82) is 0 Å². The van der Waals surface area contributed by atoms with E-state index in [1.165, 1.54) is 6.42 Å². The molecule has 0 radical (unpaired) electrons. The molecule has 1 aromatic carbocycles. The first-order valence-corrected chi connectivity index (χ1v) is 6.38. The van der Waals surface area contributed by atoms with Crippen LogP contribution in [0.25, 0.3) is 0 Å². The highest BCUT2D eigenvalue weighted by Crippen LogP contribution is 2.45. The summed E-state index contributed by atoms with van der Waals surface area (Å²) in [4.78, 5) is 0. The Kier molecular flexibility index (Phi) is 3.03. The fraction of sp³-hybridized carbons (Fsp3) is 0.600. The van der Waals surface area contributed by atoms with Crippen molar-refractivity contribution >= 4 is 0 Å². The second kappa shape index (κ2) is 4.09. The van der Waals surface area contributed by atoms with Crippen molar-refractivity contribution in [2.75, 3.05) is 0 Å². The van der Waals surface area contributed by atoms with Crippen molar-refractivity contribution in [1.82, 2.24) is 0 Å². The zero-order chi connectivity index (χ0) is 12.7. The summed E-state index contributed by atoms with van der Waals surface area (Å²) in [5.41, 5.74) is 7.99. The zero-order valence-corrected chi connectivity index (χ0v) is 11.0. The Hall–Kier alpha value is -0.890. The molecule has 1 aromatic rings. The van der Waals surface area contributed by atoms with E-state index in [0.717, 1.165) is 24.8 Å². The van der Waals surface area contributed by atoms with Gasteiger partial charge in [-0.05, 0) is 37.7 Å². The quantitative estimate of drug-likeness (QED) is 0.785. The first-order valence-electron chi connectivity index (χ1n) is 6.38. The Bertz CT molecular complexity index is 425. The number of nitrogens with two attached hydrogens (primary N) is 1. The predicted octanol–water partition coefficient (Wildman–Crippen LogP) is 3.89. The van der Waals surface area contributed by atoms with Gasteiger partial charge < -0.3 is 5.73 Å². The molecule has 1 atom stereocenters. The lowest BCUT2D eigenvalue weighted by atomic mass is 9.66. The van der Waals surface area contributed by atoms with E-state index in [0.29, 0.717) is 5.56 Å². The van der Waals surface area contributed by atoms with E-state index in [-0.39, 0.29) is 11.2 Å². The minimum absolute atomic E-state index is 0.157. The maximum Gasteiger partial charge on any atom is 0.128 e. The average molecular weight is 235 g/mol. The molecule has 2 rings (SSSR count). The molecule has 0 bridgehead atoms. The molecule has 1 aliphatic carbocycles. The van der Waals surface area contributed by atoms with Gasteiger partial charge in [-0.2, -0.15) is 0 Å². The van der Waals surface area contributed by atoms with Crippen molar-refractivity contribution in [3.63, 3.8) is 0 Å². The van der Waals surface area contributed by atoms with Crippen LogP contribution >= 0.6 is 0 Å². The summed E-state index contributed by atoms with van der Waals surface area (Å²) in [5.74, 6) is -0.157. The number of halogens is 1. The van der Waals surface area contributed by atoms with Crippen LogP contribution in [-0.2, 0) is 5.54 Å². The Morgan fingerprint density at radius 2 is 1.94 bits per heavy atom. The van der Waals surface area contributed by atoms with E-state index in [9.17, 15) is 4.39 Å². The lowest BCUT2D eigenvalue weighted by Crippen LogP contribution is -2.44. The first kappa shape index (κ1) is 12.6. The third-order valence-electron chi connectivity index (χ3n) is 3.93. The van der Waals surface area contributed by atoms with Gasteiger partial charge in [0.2, 0.25) is 0 Å². The summed E-state index contributed by atoms with van der Waals surface area (Å²) in [6.07, 6.45) is 4.01. The molecule has 2 heteroatoms. The van der Waals surface area contributed by atoms with Gasteiger partial charge in [-0.25, -0.2) is 4.39 Å². The molecule has 1 unspecified atom stereocenters. The van der Waals surface area contributed by atoms with Gasteiger partial charge in [0.1, 0.15) is 5.82 Å². The minimum atomic E-state index is -0.488. The van der Waals surface area contributed by atoms with Crippen LogP contribution in [-0.4, -0.2) is 0 Å². The highest BCUT2D eigenvalue weighted by atomic mass is 19.1. The summed E-state index contributed by atoms with van der Waals surface area (Å²) in [6, 6.07) is 5.26. The van der Waals surface area contributed by atoms with Crippen LogP contribution in [0.2, 0.25) is 0 Å². The molecule has 0 aromatic heterocycles. The van der Waals surface area contributed by atoms with E-state index in [1.807, 2.05) is 13.0 Å². The molecule has 0 saturated heterocycles. The average Bonchev–Trinajstić information content (AvgIpc) is 2.19. The number of hydrogen-bond acceptors (Lipinski definition) is 1. The maximum absolute atomic E-state index is 14.0. The lowest BCUT2D eigenvalue weighted by Gasteiger charge is -2.43. The van der Waals surface area contributed by atoms with Gasteiger partial charge in [0.25, 0.3) is 0 Å². The fourth-order valence-corrected chi connectivity index (χ4v) is 3.16. The molecular weight excluding hydrogens is 213 g/mol. The standard InChI is InChI=1S/C15H22FN/c1-11-5-6-13(16)12(9-11)15(17)8-4-7-14(2,3)10-15/h5-6,9H,4,7-8,10,17H2,1-3H3. The molecule has 94 valence electrons. The van der Waals surface area contributed by atoms with Crippen molar-refractivity contribution in [2.45, 2.75) is 52.0 Å². The predicted molar refractivity (Wildman–Crippen MR) is 69.3 cm³/mol. The second-order valence-corrected chi connectivity index (χ2v) is 6.33. The van der Waals surface area contributed by atoms with Crippen LogP contribution < -0.4 is 5.73 Å². The molecule has 0 amide bonds. The highest BCUT2D eigenvalue weighted by molar-refractivity contribution is 5.31. The van der Waals surface area contributed by atoms with Gasteiger partial charge in [-0.15, -0.1) is 0 Å². The van der Waals surface area contributed by atoms with Crippen molar-refractivity contribution in [2.24, 2.45) is 11.1 Å². The maximum atomic E-state index is 14.0. The van der Waals surface area contributed by atoms with Crippen LogP contribution in [0.1, 0.15) is 50.7 Å². The molecule has 0 aliphatic heterocycles. The molecule has 1 aliphatic rings. The summed E-state index contributed by atoms with van der Waals surface area (Å²) >= 11 is 0. The number of aryl methyl sites for hydroxylation is 1. The third-order valence-corrected chi connectivity index (χ3v) is 3.93. The smallest absolute Gasteiger partial charge is 0.128 e. The van der Waals surface area contributed by atoms with Gasteiger partial charge in [-0.3, -0.25) is 0 Å². The number of benzene rings is 1. The first-order chi connectivity index (χ1) is 7.82. The van der Waals surface area contributed by atoms with E-state index >= 15 is 0 Å². The Morgan fingerprint density at radius 1 is 1.24 bits per heavy atom. The fourth-order valence-electron chi connectivity index (χ4n) is 3.16. The van der Waals surface area contributed by atoms with Gasteiger partial charge in [0.15, 0.2) is 0 Å². The Balaban J connectivity index is 2.40. The molecule has 1 saturated carbocycles. The summed E-state index contributed by atoms with van der Waals surface area (Å²) < 4.78 is 14.0. The van der Waals surface area contributed by atoms with Crippen molar-refractivity contribution < 1.29 is 4.39 Å². The monoisotopic (exact) mass is 235 g/mol. The molecule has 1 fully saturated rings. The summed E-state index contributed by atoms with van der Waals surface area (Å²) in [5, 5.41) is 0. The molecule has 17 heavy (non-hydrogen) atoms. The third kappa shape index (κ3) is 2.52. The lowest BCUT2D eigenvalue weighted by molar-refractivity contribution is 0.148. The van der Waals surface area contributed by atoms with Gasteiger partial charge in [-0.1, -0.05) is 38.0 Å². The van der Waals surface area contributed by atoms with E-state index in [4.69, 9.17) is 5.73 Å². The normalized spacial score (nSPS) is 28.1. The zero-order valence-electron chi connectivity index (χ0n) is 11.0. The topological polar surface area (TPSA) is 26.0 Å². The Labute approximate surface area is 103 Å². The molecule has 1 nitrogen and oxygen atoms in total. The van der Waals surface area contributed by atoms with Crippen molar-refractivity contribution in [3.05, 3.63) is 35.1 Å². The highest BCUT2D eigenvalue weighted by Gasteiger charge is 2.39. The van der Waals surface area contributed by atoms with Gasteiger partial charge in [0.05, 0.1) is 0 Å². The summed E-state index contributed by atoms with van der Waals surface area (Å²) in [6.45, 7) is 6.43.